The number of hydrogen-bond donors (Lipinski definition) is 0. The van der Waals surface area contributed by atoms with Crippen molar-refractivity contribution in [3.8, 4) is 0 Å². The van der Waals surface area contributed by atoms with Gasteiger partial charge in [0.2, 0.25) is 0 Å². The number of aromatic nitrogens is 1. The molecule has 3 aromatic rings. The minimum atomic E-state index is -0.102. The number of ketones is 1. The number of carbonyl (C=O) groups is 1. The summed E-state index contributed by atoms with van der Waals surface area (Å²) in [6, 6.07) is 15.8. The average Bonchev–Trinajstić information content (AvgIpc) is 2.62. The van der Waals surface area contributed by atoms with E-state index in [-0.39, 0.29) is 5.78 Å². The van der Waals surface area contributed by atoms with Crippen LogP contribution in [0.3, 0.4) is 0 Å². The summed E-state index contributed by atoms with van der Waals surface area (Å²) in [7, 11) is 1.54. The van der Waals surface area contributed by atoms with E-state index in [1.165, 1.54) is 19.3 Å². The lowest BCUT2D eigenvalue weighted by Crippen LogP contribution is -2.09. The lowest BCUT2D eigenvalue weighted by atomic mass is 10.1. The summed E-state index contributed by atoms with van der Waals surface area (Å²) in [6.07, 6.45) is 4.63. The number of methoxy groups -OCH3 is 1. The van der Waals surface area contributed by atoms with Gasteiger partial charge in [0.05, 0.1) is 23.8 Å². The van der Waals surface area contributed by atoms with Crippen molar-refractivity contribution >= 4 is 39.0 Å². The Balaban J connectivity index is 2.04. The topological polar surface area (TPSA) is 51.5 Å². The van der Waals surface area contributed by atoms with Crippen LogP contribution in [0.2, 0.25) is 0 Å². The van der Waals surface area contributed by atoms with Gasteiger partial charge in [-0.2, -0.15) is 0 Å². The van der Waals surface area contributed by atoms with Crippen molar-refractivity contribution in [3.63, 3.8) is 0 Å². The number of rotatable bonds is 2. The largest absolute Gasteiger partial charge is 0.494 e. The number of hydrogen-bond acceptors (Lipinski definition) is 4. The number of carbonyl (C=O) groups excluding carboxylic acids is 1. The molecule has 0 unspecified atom stereocenters. The molecule has 116 valence electrons. The molecule has 0 spiro atoms. The molecule has 1 aromatic heterocycles. The molecular formula is C20H14N2O2. The molecule has 4 nitrogen and oxygen atoms in total. The molecule has 1 aliphatic carbocycles. The molecule has 0 radical (unpaired) electrons. The number of benzene rings is 2. The van der Waals surface area contributed by atoms with E-state index in [1.807, 2.05) is 48.5 Å². The summed E-state index contributed by atoms with van der Waals surface area (Å²) < 4.78 is 5.31. The van der Waals surface area contributed by atoms with Gasteiger partial charge in [-0.15, -0.1) is 0 Å². The lowest BCUT2D eigenvalue weighted by molar-refractivity contribution is -0.110. The van der Waals surface area contributed by atoms with Gasteiger partial charge in [-0.3, -0.25) is 4.79 Å². The van der Waals surface area contributed by atoms with Crippen LogP contribution in [-0.4, -0.2) is 23.6 Å². The molecule has 0 amide bonds. The Kier molecular flexibility index (Phi) is 3.43. The standard InChI is InChI=1S/C20H14N2O2/c1-24-19-12-13(23)10-11-18(19)22-20-14-6-2-4-8-16(14)21-17-9-5-3-7-15(17)20/h2-12H,1H3. The second-order valence-electron chi connectivity index (χ2n) is 5.44. The zero-order valence-corrected chi connectivity index (χ0v) is 13.1. The molecule has 0 atom stereocenters. The maximum absolute atomic E-state index is 11.5. The van der Waals surface area contributed by atoms with Gasteiger partial charge in [0.25, 0.3) is 0 Å². The van der Waals surface area contributed by atoms with Crippen LogP contribution in [0.1, 0.15) is 0 Å². The predicted molar refractivity (Wildman–Crippen MR) is 95.6 cm³/mol. The van der Waals surface area contributed by atoms with Gasteiger partial charge >= 0.3 is 0 Å². The van der Waals surface area contributed by atoms with Crippen molar-refractivity contribution in [2.24, 2.45) is 4.99 Å². The maximum Gasteiger partial charge on any atom is 0.182 e. The Labute approximate surface area is 138 Å². The first-order valence-corrected chi connectivity index (χ1v) is 7.60. The van der Waals surface area contributed by atoms with Gasteiger partial charge in [-0.25, -0.2) is 9.98 Å². The smallest absolute Gasteiger partial charge is 0.182 e. The Morgan fingerprint density at radius 2 is 1.54 bits per heavy atom. The Bertz CT molecular complexity index is 1010. The van der Waals surface area contributed by atoms with Crippen molar-refractivity contribution in [2.45, 2.75) is 0 Å². The summed E-state index contributed by atoms with van der Waals surface area (Å²) in [6.45, 7) is 0. The number of ether oxygens (including phenoxy) is 1. The van der Waals surface area contributed by atoms with Crippen molar-refractivity contribution in [3.05, 3.63) is 72.5 Å². The normalized spacial score (nSPS) is 16.0. The van der Waals surface area contributed by atoms with Crippen LogP contribution < -0.4 is 0 Å². The molecular weight excluding hydrogens is 300 g/mol. The molecule has 0 fully saturated rings. The predicted octanol–water partition coefficient (Wildman–Crippen LogP) is 4.13. The summed E-state index contributed by atoms with van der Waals surface area (Å²) >= 11 is 0. The third kappa shape index (κ3) is 2.38. The van der Waals surface area contributed by atoms with Gasteiger partial charge in [0, 0.05) is 16.8 Å². The van der Waals surface area contributed by atoms with Crippen LogP contribution >= 0.6 is 0 Å². The molecule has 4 heteroatoms. The van der Waals surface area contributed by atoms with Crippen LogP contribution in [0.4, 0.5) is 5.69 Å². The fourth-order valence-corrected chi connectivity index (χ4v) is 2.81. The fourth-order valence-electron chi connectivity index (χ4n) is 2.81. The molecule has 1 aliphatic rings. The number of allylic oxidation sites excluding steroid dienone is 3. The quantitative estimate of drug-likeness (QED) is 0.528. The van der Waals surface area contributed by atoms with E-state index in [1.54, 1.807) is 6.08 Å². The monoisotopic (exact) mass is 314 g/mol. The summed E-state index contributed by atoms with van der Waals surface area (Å²) in [5.74, 6) is 0.364. The van der Waals surface area contributed by atoms with Crippen LogP contribution in [0, 0.1) is 0 Å². The molecule has 0 N–H and O–H groups in total. The number of nitrogens with zero attached hydrogens (tertiary/aromatic N) is 2. The van der Waals surface area contributed by atoms with E-state index in [0.29, 0.717) is 11.5 Å². The second kappa shape index (κ2) is 5.74. The highest BCUT2D eigenvalue weighted by Gasteiger charge is 2.14. The zero-order chi connectivity index (χ0) is 16.5. The van der Waals surface area contributed by atoms with Gasteiger partial charge in [-0.05, 0) is 24.3 Å². The third-order valence-corrected chi connectivity index (χ3v) is 3.94. The van der Waals surface area contributed by atoms with Crippen molar-refractivity contribution in [1.82, 2.24) is 4.98 Å². The Morgan fingerprint density at radius 1 is 0.917 bits per heavy atom. The van der Waals surface area contributed by atoms with Crippen LogP contribution in [-0.2, 0) is 9.53 Å². The Morgan fingerprint density at radius 3 is 2.17 bits per heavy atom. The van der Waals surface area contributed by atoms with Gasteiger partial charge < -0.3 is 4.74 Å². The van der Waals surface area contributed by atoms with Crippen molar-refractivity contribution < 1.29 is 9.53 Å². The highest BCUT2D eigenvalue weighted by molar-refractivity contribution is 6.20. The lowest BCUT2D eigenvalue weighted by Gasteiger charge is -2.12. The highest BCUT2D eigenvalue weighted by atomic mass is 16.5. The summed E-state index contributed by atoms with van der Waals surface area (Å²) in [5, 5.41) is 1.92. The fraction of sp³-hybridized carbons (Fsp3) is 0.0500. The van der Waals surface area contributed by atoms with Gasteiger partial charge in [0.15, 0.2) is 5.78 Å². The first-order valence-electron chi connectivity index (χ1n) is 7.60. The minimum Gasteiger partial charge on any atom is -0.494 e. The van der Waals surface area contributed by atoms with Crippen LogP contribution in [0.5, 0.6) is 0 Å². The first kappa shape index (κ1) is 14.3. The number of pyridine rings is 1. The van der Waals surface area contributed by atoms with Gasteiger partial charge in [-0.1, -0.05) is 36.4 Å². The van der Waals surface area contributed by atoms with Crippen LogP contribution in [0.15, 0.2) is 77.5 Å². The zero-order valence-electron chi connectivity index (χ0n) is 13.1. The first-order chi connectivity index (χ1) is 11.8. The van der Waals surface area contributed by atoms with Crippen molar-refractivity contribution in [1.29, 1.82) is 0 Å². The molecule has 0 saturated heterocycles. The van der Waals surface area contributed by atoms with E-state index in [2.05, 4.69) is 0 Å². The van der Waals surface area contributed by atoms with Crippen molar-refractivity contribution in [2.75, 3.05) is 7.11 Å². The number of fused-ring (bicyclic) bond motifs is 2. The molecule has 4 rings (SSSR count). The molecule has 0 aliphatic heterocycles. The van der Waals surface area contributed by atoms with E-state index in [4.69, 9.17) is 14.7 Å². The molecule has 0 saturated carbocycles. The number of para-hydroxylation sites is 2. The van der Waals surface area contributed by atoms with E-state index in [9.17, 15) is 4.79 Å². The number of aliphatic imine (C=N–C) groups is 1. The molecule has 0 bridgehead atoms. The van der Waals surface area contributed by atoms with Crippen LogP contribution in [0.25, 0.3) is 21.8 Å². The Hall–Kier alpha value is -3.27. The molecule has 1 heterocycles. The molecule has 24 heavy (non-hydrogen) atoms. The SMILES string of the molecule is COC1=CC(=O)C=CC1=Nc1c2ccccc2nc2ccccc12. The molecule has 2 aromatic carbocycles. The highest BCUT2D eigenvalue weighted by Crippen LogP contribution is 2.33. The van der Waals surface area contributed by atoms with E-state index >= 15 is 0 Å². The summed E-state index contributed by atoms with van der Waals surface area (Å²) in [5.41, 5.74) is 3.22. The second-order valence-corrected chi connectivity index (χ2v) is 5.44. The van der Waals surface area contributed by atoms with Gasteiger partial charge in [0.1, 0.15) is 11.5 Å². The van der Waals surface area contributed by atoms with E-state index < -0.39 is 0 Å². The van der Waals surface area contributed by atoms with E-state index in [0.717, 1.165) is 27.5 Å². The maximum atomic E-state index is 11.5. The third-order valence-electron chi connectivity index (χ3n) is 3.94. The summed E-state index contributed by atoms with van der Waals surface area (Å²) in [4.78, 5) is 21.0. The average molecular weight is 314 g/mol. The minimum absolute atomic E-state index is 0.102.